The molecule has 0 radical (unpaired) electrons. The van der Waals surface area contributed by atoms with Crippen LogP contribution in [0.3, 0.4) is 0 Å². The second-order valence-corrected chi connectivity index (χ2v) is 9.03. The Morgan fingerprint density at radius 2 is 1.74 bits per heavy atom. The number of carbonyl (C=O) groups is 1. The normalized spacial score (nSPS) is 16.7. The lowest BCUT2D eigenvalue weighted by Crippen LogP contribution is -2.36. The first-order valence-electron chi connectivity index (χ1n) is 9.05. The molecule has 3 rings (SSSR count). The Balaban J connectivity index is 1.83. The van der Waals surface area contributed by atoms with E-state index in [0.29, 0.717) is 13.1 Å². The second-order valence-electron chi connectivity index (χ2n) is 6.72. The van der Waals surface area contributed by atoms with Crippen LogP contribution in [0.1, 0.15) is 48.1 Å². The molecule has 1 atom stereocenters. The van der Waals surface area contributed by atoms with Crippen LogP contribution in [0.15, 0.2) is 53.4 Å². The molecule has 1 aliphatic rings. The number of nitrogens with zero attached hydrogens (tertiary/aromatic N) is 1. The molecule has 0 bridgehead atoms. The number of benzene rings is 2. The van der Waals surface area contributed by atoms with E-state index < -0.39 is 10.0 Å². The van der Waals surface area contributed by atoms with E-state index in [4.69, 9.17) is 11.6 Å². The standard InChI is InChI=1S/C20H23ClN2O3S/c1-15(16-8-4-2-5-9-16)22-20(24)17-10-11-18(21)19(14-17)27(25,26)23-12-6-3-7-13-23/h2,4-5,8-11,14-15H,3,6-7,12-13H2,1H3,(H,22,24). The summed E-state index contributed by atoms with van der Waals surface area (Å²) in [6.07, 6.45) is 2.71. The van der Waals surface area contributed by atoms with Gasteiger partial charge in [-0.05, 0) is 43.5 Å². The van der Waals surface area contributed by atoms with Crippen LogP contribution in [0.2, 0.25) is 5.02 Å². The van der Waals surface area contributed by atoms with Gasteiger partial charge in [0.2, 0.25) is 10.0 Å². The molecule has 1 fully saturated rings. The zero-order chi connectivity index (χ0) is 19.4. The number of sulfonamides is 1. The van der Waals surface area contributed by atoms with E-state index in [1.165, 1.54) is 16.4 Å². The van der Waals surface area contributed by atoms with Crippen molar-refractivity contribution in [3.63, 3.8) is 0 Å². The molecule has 1 N–H and O–H groups in total. The Kier molecular flexibility index (Phi) is 6.19. The number of carbonyl (C=O) groups excluding carboxylic acids is 1. The van der Waals surface area contributed by atoms with Crippen molar-refractivity contribution in [2.45, 2.75) is 37.1 Å². The molecule has 1 heterocycles. The quantitative estimate of drug-likeness (QED) is 0.815. The average Bonchev–Trinajstić information content (AvgIpc) is 2.69. The summed E-state index contributed by atoms with van der Waals surface area (Å²) in [7, 11) is -3.71. The van der Waals surface area contributed by atoms with Gasteiger partial charge in [0, 0.05) is 18.7 Å². The predicted molar refractivity (Wildman–Crippen MR) is 106 cm³/mol. The van der Waals surface area contributed by atoms with Gasteiger partial charge in [-0.25, -0.2) is 8.42 Å². The van der Waals surface area contributed by atoms with E-state index in [9.17, 15) is 13.2 Å². The number of piperidine rings is 1. The summed E-state index contributed by atoms with van der Waals surface area (Å²) in [5, 5.41) is 3.03. The van der Waals surface area contributed by atoms with E-state index >= 15 is 0 Å². The third-order valence-electron chi connectivity index (χ3n) is 4.77. The molecule has 144 valence electrons. The smallest absolute Gasteiger partial charge is 0.251 e. The van der Waals surface area contributed by atoms with Crippen molar-refractivity contribution in [1.29, 1.82) is 0 Å². The van der Waals surface area contributed by atoms with E-state index in [0.717, 1.165) is 24.8 Å². The summed E-state index contributed by atoms with van der Waals surface area (Å²) in [6.45, 7) is 2.86. The molecule has 0 aromatic heterocycles. The molecule has 27 heavy (non-hydrogen) atoms. The topological polar surface area (TPSA) is 66.5 Å². The van der Waals surface area contributed by atoms with E-state index in [1.807, 2.05) is 37.3 Å². The number of nitrogens with one attached hydrogen (secondary N) is 1. The van der Waals surface area contributed by atoms with Gasteiger partial charge in [0.1, 0.15) is 4.90 Å². The largest absolute Gasteiger partial charge is 0.346 e. The van der Waals surface area contributed by atoms with Gasteiger partial charge in [-0.2, -0.15) is 4.31 Å². The van der Waals surface area contributed by atoms with Crippen LogP contribution in [0.4, 0.5) is 0 Å². The summed E-state index contributed by atoms with van der Waals surface area (Å²) < 4.78 is 27.3. The third kappa shape index (κ3) is 4.51. The van der Waals surface area contributed by atoms with Crippen molar-refractivity contribution in [3.05, 3.63) is 64.7 Å². The van der Waals surface area contributed by atoms with Crippen LogP contribution in [-0.4, -0.2) is 31.7 Å². The number of rotatable bonds is 5. The molecule has 5 nitrogen and oxygen atoms in total. The fraction of sp³-hybridized carbons (Fsp3) is 0.350. The molecule has 7 heteroatoms. The van der Waals surface area contributed by atoms with Crippen LogP contribution in [-0.2, 0) is 10.0 Å². The second kappa shape index (κ2) is 8.42. The Morgan fingerprint density at radius 3 is 2.41 bits per heavy atom. The molecule has 2 aromatic rings. The Bertz CT molecular complexity index is 910. The summed E-state index contributed by atoms with van der Waals surface area (Å²) >= 11 is 6.17. The molecule has 2 aromatic carbocycles. The monoisotopic (exact) mass is 406 g/mol. The van der Waals surface area contributed by atoms with Gasteiger partial charge in [-0.15, -0.1) is 0 Å². The van der Waals surface area contributed by atoms with Gasteiger partial charge in [-0.3, -0.25) is 4.79 Å². The minimum absolute atomic E-state index is 0.00826. The summed E-state index contributed by atoms with van der Waals surface area (Å²) in [5.41, 5.74) is 1.25. The first-order chi connectivity index (χ1) is 12.9. The zero-order valence-corrected chi connectivity index (χ0v) is 16.8. The van der Waals surface area contributed by atoms with E-state index in [1.54, 1.807) is 6.07 Å². The number of amides is 1. The van der Waals surface area contributed by atoms with Gasteiger partial charge in [0.05, 0.1) is 11.1 Å². The summed E-state index contributed by atoms with van der Waals surface area (Å²) in [6, 6.07) is 13.8. The summed E-state index contributed by atoms with van der Waals surface area (Å²) in [5.74, 6) is -0.335. The molecular weight excluding hydrogens is 384 g/mol. The third-order valence-corrected chi connectivity index (χ3v) is 7.15. The van der Waals surface area contributed by atoms with Crippen molar-refractivity contribution in [2.75, 3.05) is 13.1 Å². The van der Waals surface area contributed by atoms with Gasteiger partial charge in [0.25, 0.3) is 5.91 Å². The fourth-order valence-corrected chi connectivity index (χ4v) is 5.21. The lowest BCUT2D eigenvalue weighted by atomic mass is 10.1. The minimum Gasteiger partial charge on any atom is -0.346 e. The van der Waals surface area contributed by atoms with Crippen LogP contribution in [0, 0.1) is 0 Å². The lowest BCUT2D eigenvalue weighted by Gasteiger charge is -2.26. The molecule has 1 amide bonds. The van der Waals surface area contributed by atoms with E-state index in [-0.39, 0.29) is 27.4 Å². The van der Waals surface area contributed by atoms with Gasteiger partial charge in [0.15, 0.2) is 0 Å². The average molecular weight is 407 g/mol. The van der Waals surface area contributed by atoms with Crippen LogP contribution in [0.25, 0.3) is 0 Å². The molecule has 1 aliphatic heterocycles. The SMILES string of the molecule is CC(NC(=O)c1ccc(Cl)c(S(=O)(=O)N2CCCCC2)c1)c1ccccc1. The van der Waals surface area contributed by atoms with Gasteiger partial charge in [-0.1, -0.05) is 48.4 Å². The molecular formula is C20H23ClN2O3S. The number of halogens is 1. The van der Waals surface area contributed by atoms with Crippen LogP contribution < -0.4 is 5.32 Å². The van der Waals surface area contributed by atoms with E-state index in [2.05, 4.69) is 5.32 Å². The van der Waals surface area contributed by atoms with Gasteiger partial charge >= 0.3 is 0 Å². The van der Waals surface area contributed by atoms with Crippen molar-refractivity contribution >= 4 is 27.5 Å². The Hall–Kier alpha value is -1.89. The fourth-order valence-electron chi connectivity index (χ4n) is 3.19. The molecule has 0 aliphatic carbocycles. The molecule has 0 spiro atoms. The first-order valence-corrected chi connectivity index (χ1v) is 10.9. The highest BCUT2D eigenvalue weighted by Gasteiger charge is 2.28. The maximum Gasteiger partial charge on any atom is 0.251 e. The summed E-state index contributed by atoms with van der Waals surface area (Å²) in [4.78, 5) is 12.6. The first kappa shape index (κ1) is 19.9. The maximum absolute atomic E-state index is 12.9. The van der Waals surface area contributed by atoms with Crippen molar-refractivity contribution in [3.8, 4) is 0 Å². The van der Waals surface area contributed by atoms with Gasteiger partial charge < -0.3 is 5.32 Å². The highest BCUT2D eigenvalue weighted by molar-refractivity contribution is 7.89. The number of hydrogen-bond acceptors (Lipinski definition) is 3. The van der Waals surface area contributed by atoms with Crippen molar-refractivity contribution in [2.24, 2.45) is 0 Å². The highest BCUT2D eigenvalue weighted by atomic mass is 35.5. The van der Waals surface area contributed by atoms with Crippen molar-refractivity contribution < 1.29 is 13.2 Å². The molecule has 1 unspecified atom stereocenters. The minimum atomic E-state index is -3.71. The number of hydrogen-bond donors (Lipinski definition) is 1. The van der Waals surface area contributed by atoms with Crippen LogP contribution in [0.5, 0.6) is 0 Å². The highest BCUT2D eigenvalue weighted by Crippen LogP contribution is 2.28. The van der Waals surface area contributed by atoms with Crippen LogP contribution >= 0.6 is 11.6 Å². The Labute approximate surface area is 165 Å². The Morgan fingerprint density at radius 1 is 1.07 bits per heavy atom. The molecule has 0 saturated carbocycles. The maximum atomic E-state index is 12.9. The molecule has 1 saturated heterocycles. The zero-order valence-electron chi connectivity index (χ0n) is 15.2. The van der Waals surface area contributed by atoms with Crippen molar-refractivity contribution in [1.82, 2.24) is 9.62 Å². The predicted octanol–water partition coefficient (Wildman–Crippen LogP) is 4.01. The lowest BCUT2D eigenvalue weighted by molar-refractivity contribution is 0.0939.